The van der Waals surface area contributed by atoms with Gasteiger partial charge in [-0.1, -0.05) is 59.6 Å². The van der Waals surface area contributed by atoms with Crippen molar-refractivity contribution in [2.75, 3.05) is 0 Å². The van der Waals surface area contributed by atoms with Gasteiger partial charge in [0.1, 0.15) is 5.82 Å². The third-order valence-corrected chi connectivity index (χ3v) is 7.09. The van der Waals surface area contributed by atoms with E-state index in [1.165, 1.54) is 23.9 Å². The second-order valence-corrected chi connectivity index (χ2v) is 9.34. The van der Waals surface area contributed by atoms with Crippen LogP contribution in [0.25, 0.3) is 11.3 Å². The average molecular weight is 524 g/mol. The van der Waals surface area contributed by atoms with Crippen LogP contribution >= 0.6 is 46.6 Å². The van der Waals surface area contributed by atoms with Crippen molar-refractivity contribution in [3.63, 3.8) is 0 Å². The first-order valence-corrected chi connectivity index (χ1v) is 12.2. The van der Waals surface area contributed by atoms with Crippen molar-refractivity contribution in [1.29, 1.82) is 0 Å². The molecule has 0 bridgehead atoms. The van der Waals surface area contributed by atoms with Crippen LogP contribution in [0.1, 0.15) is 29.4 Å². The Bertz CT molecular complexity index is 1330. The molecule has 0 saturated carbocycles. The summed E-state index contributed by atoms with van der Waals surface area (Å²) in [7, 11) is 0. The van der Waals surface area contributed by atoms with E-state index in [4.69, 9.17) is 34.8 Å². The highest BCUT2D eigenvalue weighted by Gasteiger charge is 2.17. The SMILES string of the molecule is CCc1c(Cc2c(Cl)cccc2Cl)nc(SCc2n[nH]c(-c3ccc(F)cc3)c2Cl)[nH]c1=O. The number of hydrogen-bond acceptors (Lipinski definition) is 4. The molecule has 33 heavy (non-hydrogen) atoms. The van der Waals surface area contributed by atoms with E-state index in [0.717, 1.165) is 11.1 Å². The molecule has 2 aromatic carbocycles. The summed E-state index contributed by atoms with van der Waals surface area (Å²) in [5.74, 6) is 0.0432. The van der Waals surface area contributed by atoms with Gasteiger partial charge in [0.2, 0.25) is 0 Å². The van der Waals surface area contributed by atoms with Gasteiger partial charge in [-0.3, -0.25) is 9.89 Å². The lowest BCUT2D eigenvalue weighted by molar-refractivity contribution is 0.628. The number of nitrogens with zero attached hydrogens (tertiary/aromatic N) is 2. The number of aromatic nitrogens is 4. The van der Waals surface area contributed by atoms with E-state index in [0.29, 0.717) is 61.5 Å². The molecule has 0 atom stereocenters. The average Bonchev–Trinajstić information content (AvgIpc) is 3.15. The van der Waals surface area contributed by atoms with Crippen LogP contribution in [0.2, 0.25) is 15.1 Å². The summed E-state index contributed by atoms with van der Waals surface area (Å²) < 4.78 is 13.2. The van der Waals surface area contributed by atoms with Crippen LogP contribution < -0.4 is 5.56 Å². The molecular formula is C23H18Cl3FN4OS. The Morgan fingerprint density at radius 1 is 1.00 bits per heavy atom. The maximum Gasteiger partial charge on any atom is 0.254 e. The third-order valence-electron chi connectivity index (χ3n) is 5.09. The molecule has 0 saturated heterocycles. The van der Waals surface area contributed by atoms with E-state index < -0.39 is 0 Å². The van der Waals surface area contributed by atoms with Crippen molar-refractivity contribution in [3.05, 3.63) is 96.2 Å². The number of benzene rings is 2. The molecule has 0 spiro atoms. The van der Waals surface area contributed by atoms with Gasteiger partial charge in [0, 0.05) is 33.3 Å². The van der Waals surface area contributed by atoms with Gasteiger partial charge >= 0.3 is 0 Å². The van der Waals surface area contributed by atoms with Crippen LogP contribution in [0, 0.1) is 5.82 Å². The fourth-order valence-electron chi connectivity index (χ4n) is 3.38. The molecule has 0 aliphatic carbocycles. The van der Waals surface area contributed by atoms with E-state index in [1.54, 1.807) is 30.3 Å². The Morgan fingerprint density at radius 3 is 2.36 bits per heavy atom. The quantitative estimate of drug-likeness (QED) is 0.209. The van der Waals surface area contributed by atoms with Crippen LogP contribution in [0.4, 0.5) is 4.39 Å². The topological polar surface area (TPSA) is 74.4 Å². The van der Waals surface area contributed by atoms with Gasteiger partial charge in [0.05, 0.1) is 22.1 Å². The first-order chi connectivity index (χ1) is 15.9. The van der Waals surface area contributed by atoms with Crippen molar-refractivity contribution in [2.24, 2.45) is 0 Å². The first kappa shape index (κ1) is 23.8. The van der Waals surface area contributed by atoms with E-state index in [1.807, 2.05) is 6.92 Å². The second-order valence-electron chi connectivity index (χ2n) is 7.18. The molecule has 0 aliphatic rings. The Labute approximate surface area is 208 Å². The predicted molar refractivity (Wildman–Crippen MR) is 132 cm³/mol. The highest BCUT2D eigenvalue weighted by Crippen LogP contribution is 2.32. The lowest BCUT2D eigenvalue weighted by Gasteiger charge is -2.11. The summed E-state index contributed by atoms with van der Waals surface area (Å²) >= 11 is 20.4. The zero-order valence-corrected chi connectivity index (χ0v) is 20.5. The smallest absolute Gasteiger partial charge is 0.254 e. The molecule has 4 aromatic rings. The maximum absolute atomic E-state index is 13.2. The highest BCUT2D eigenvalue weighted by molar-refractivity contribution is 7.98. The third kappa shape index (κ3) is 5.27. The predicted octanol–water partition coefficient (Wildman–Crippen LogP) is 6.70. The number of thioether (sulfide) groups is 1. The van der Waals surface area contributed by atoms with E-state index in [2.05, 4.69) is 20.2 Å². The van der Waals surface area contributed by atoms with Crippen LogP contribution in [-0.4, -0.2) is 20.2 Å². The standard InChI is InChI=1S/C23H18Cl3FN4OS/c1-2-14-18(10-15-16(24)4-3-5-17(15)25)28-23(29-22(14)32)33-11-19-20(26)21(31-30-19)12-6-8-13(27)9-7-12/h3-9H,2,10-11H2,1H3,(H,30,31)(H,28,29,32). The minimum absolute atomic E-state index is 0.201. The minimum Gasteiger partial charge on any atom is -0.301 e. The molecule has 10 heteroatoms. The molecule has 170 valence electrons. The molecule has 2 aromatic heterocycles. The number of aromatic amines is 2. The summed E-state index contributed by atoms with van der Waals surface area (Å²) in [6.07, 6.45) is 0.869. The first-order valence-electron chi connectivity index (χ1n) is 10.0. The van der Waals surface area contributed by atoms with E-state index in [9.17, 15) is 9.18 Å². The van der Waals surface area contributed by atoms with Gasteiger partial charge in [-0.2, -0.15) is 5.10 Å². The Balaban J connectivity index is 1.58. The molecule has 0 fully saturated rings. The number of H-pyrrole nitrogens is 2. The highest BCUT2D eigenvalue weighted by atomic mass is 35.5. The summed E-state index contributed by atoms with van der Waals surface area (Å²) in [5.41, 5.74) is 3.66. The van der Waals surface area contributed by atoms with Crippen LogP contribution in [-0.2, 0) is 18.6 Å². The van der Waals surface area contributed by atoms with Crippen LogP contribution in [0.15, 0.2) is 52.4 Å². The lowest BCUT2D eigenvalue weighted by atomic mass is 10.0. The largest absolute Gasteiger partial charge is 0.301 e. The number of hydrogen-bond donors (Lipinski definition) is 2. The van der Waals surface area contributed by atoms with E-state index >= 15 is 0 Å². The Morgan fingerprint density at radius 2 is 1.70 bits per heavy atom. The van der Waals surface area contributed by atoms with Gasteiger partial charge in [-0.05, 0) is 48.4 Å². The van der Waals surface area contributed by atoms with Gasteiger partial charge in [0.15, 0.2) is 5.16 Å². The lowest BCUT2D eigenvalue weighted by Crippen LogP contribution is -2.18. The molecule has 0 unspecified atom stereocenters. The number of halogens is 4. The van der Waals surface area contributed by atoms with Crippen molar-refractivity contribution < 1.29 is 4.39 Å². The number of nitrogens with one attached hydrogen (secondary N) is 2. The fraction of sp³-hybridized carbons (Fsp3) is 0.174. The molecule has 0 radical (unpaired) electrons. The minimum atomic E-state index is -0.329. The molecule has 4 rings (SSSR count). The molecule has 0 amide bonds. The van der Waals surface area contributed by atoms with Crippen molar-refractivity contribution in [2.45, 2.75) is 30.7 Å². The van der Waals surface area contributed by atoms with Crippen molar-refractivity contribution in [3.8, 4) is 11.3 Å². The Hall–Kier alpha value is -2.32. The molecule has 2 N–H and O–H groups in total. The summed E-state index contributed by atoms with van der Waals surface area (Å²) in [5, 5.41) is 9.09. The Kier molecular flexibility index (Phi) is 7.44. The zero-order chi connectivity index (χ0) is 23.5. The fourth-order valence-corrected chi connectivity index (χ4v) is 5.07. The van der Waals surface area contributed by atoms with Gasteiger partial charge in [-0.15, -0.1) is 0 Å². The molecule has 0 aliphatic heterocycles. The summed E-state index contributed by atoms with van der Waals surface area (Å²) in [6.45, 7) is 1.90. The van der Waals surface area contributed by atoms with Gasteiger partial charge < -0.3 is 4.98 Å². The maximum atomic E-state index is 13.2. The van der Waals surface area contributed by atoms with E-state index in [-0.39, 0.29) is 11.4 Å². The second kappa shape index (κ2) is 10.3. The van der Waals surface area contributed by atoms with Crippen LogP contribution in [0.5, 0.6) is 0 Å². The van der Waals surface area contributed by atoms with Gasteiger partial charge in [0.25, 0.3) is 5.56 Å². The van der Waals surface area contributed by atoms with Crippen molar-refractivity contribution >= 4 is 46.6 Å². The summed E-state index contributed by atoms with van der Waals surface area (Å²) in [6, 6.07) is 11.3. The monoisotopic (exact) mass is 522 g/mol. The van der Waals surface area contributed by atoms with Crippen molar-refractivity contribution in [1.82, 2.24) is 20.2 Å². The van der Waals surface area contributed by atoms with Gasteiger partial charge in [-0.25, -0.2) is 9.37 Å². The molecular weight excluding hydrogens is 506 g/mol. The number of rotatable bonds is 7. The molecule has 2 heterocycles. The van der Waals surface area contributed by atoms with Crippen LogP contribution in [0.3, 0.4) is 0 Å². The zero-order valence-electron chi connectivity index (χ0n) is 17.4. The molecule has 5 nitrogen and oxygen atoms in total. The normalized spacial score (nSPS) is 11.2. The summed E-state index contributed by atoms with van der Waals surface area (Å²) in [4.78, 5) is 20.2.